The Bertz CT molecular complexity index is 1260. The molecule has 0 radical (unpaired) electrons. The smallest absolute Gasteiger partial charge is 0.411 e. The highest BCUT2D eigenvalue weighted by molar-refractivity contribution is 5.96. The van der Waals surface area contributed by atoms with Gasteiger partial charge in [-0.25, -0.2) is 4.79 Å². The monoisotopic (exact) mass is 470 g/mol. The molecule has 35 heavy (non-hydrogen) atoms. The molecule has 2 N–H and O–H groups in total. The molecule has 7 heteroatoms. The highest BCUT2D eigenvalue weighted by Gasteiger charge is 2.42. The molecule has 178 valence electrons. The summed E-state index contributed by atoms with van der Waals surface area (Å²) in [7, 11) is 0. The Morgan fingerprint density at radius 3 is 2.14 bits per heavy atom. The fourth-order valence-electron chi connectivity index (χ4n) is 4.94. The van der Waals surface area contributed by atoms with Crippen molar-refractivity contribution < 1.29 is 24.2 Å². The number of benzene rings is 3. The first kappa shape index (κ1) is 22.7. The Labute approximate surface area is 203 Å². The summed E-state index contributed by atoms with van der Waals surface area (Å²) in [4.78, 5) is 38.3. The van der Waals surface area contributed by atoms with Gasteiger partial charge in [0.25, 0.3) is 5.91 Å². The molecule has 3 aromatic carbocycles. The van der Waals surface area contributed by atoms with Crippen LogP contribution in [0.3, 0.4) is 0 Å². The Hall–Kier alpha value is -4.13. The van der Waals surface area contributed by atoms with Crippen LogP contribution >= 0.6 is 0 Å². The summed E-state index contributed by atoms with van der Waals surface area (Å²) in [5, 5.41) is 12.1. The summed E-state index contributed by atoms with van der Waals surface area (Å²) < 4.78 is 5.57. The summed E-state index contributed by atoms with van der Waals surface area (Å²) >= 11 is 0. The number of carboxylic acid groups (broad SMARTS) is 1. The fraction of sp³-hybridized carbons (Fsp3) is 0.250. The molecular weight excluding hydrogens is 444 g/mol. The van der Waals surface area contributed by atoms with E-state index in [1.165, 1.54) is 11.1 Å². The molecule has 3 aromatic rings. The largest absolute Gasteiger partial charge is 0.481 e. The van der Waals surface area contributed by atoms with E-state index in [1.807, 2.05) is 24.3 Å². The molecule has 0 spiro atoms. The van der Waals surface area contributed by atoms with Gasteiger partial charge in [0.1, 0.15) is 6.61 Å². The molecule has 1 heterocycles. The Kier molecular flexibility index (Phi) is 5.76. The van der Waals surface area contributed by atoms with E-state index >= 15 is 0 Å². The van der Waals surface area contributed by atoms with E-state index in [0.29, 0.717) is 24.2 Å². The number of aliphatic carboxylic acids is 1. The second-order valence-electron chi connectivity index (χ2n) is 9.37. The van der Waals surface area contributed by atoms with E-state index in [4.69, 9.17) is 4.74 Å². The van der Waals surface area contributed by atoms with Gasteiger partial charge in [-0.2, -0.15) is 0 Å². The lowest BCUT2D eigenvalue weighted by molar-refractivity contribution is -0.147. The van der Waals surface area contributed by atoms with Crippen LogP contribution in [0.15, 0.2) is 72.8 Å². The molecule has 2 aliphatic rings. The Balaban J connectivity index is 1.19. The summed E-state index contributed by atoms with van der Waals surface area (Å²) in [5.41, 5.74) is 4.66. The average molecular weight is 471 g/mol. The topological polar surface area (TPSA) is 95.9 Å². The number of likely N-dealkylation sites (tertiary alicyclic amines) is 1. The average Bonchev–Trinajstić information content (AvgIpc) is 3.42. The summed E-state index contributed by atoms with van der Waals surface area (Å²) in [6.07, 6.45) is -0.141. The zero-order valence-electron chi connectivity index (χ0n) is 19.4. The third-order valence-corrected chi connectivity index (χ3v) is 7.00. The van der Waals surface area contributed by atoms with Gasteiger partial charge in [-0.05, 0) is 59.9 Å². The number of rotatable bonds is 5. The molecule has 1 aliphatic heterocycles. The predicted molar refractivity (Wildman–Crippen MR) is 131 cm³/mol. The third kappa shape index (κ3) is 4.25. The number of nitrogens with zero attached hydrogens (tertiary/aromatic N) is 1. The molecule has 0 aromatic heterocycles. The van der Waals surface area contributed by atoms with E-state index in [2.05, 4.69) is 29.6 Å². The molecule has 2 amide bonds. The van der Waals surface area contributed by atoms with Crippen molar-refractivity contribution in [1.82, 2.24) is 4.90 Å². The van der Waals surface area contributed by atoms with Gasteiger partial charge >= 0.3 is 12.1 Å². The number of amides is 2. The number of anilines is 1. The van der Waals surface area contributed by atoms with Gasteiger partial charge in [-0.1, -0.05) is 48.5 Å². The van der Waals surface area contributed by atoms with Crippen LogP contribution in [0.1, 0.15) is 40.7 Å². The standard InChI is InChI=1S/C28H26N2O5/c1-28(26(32)33)14-15-30(17-28)25(31)18-10-12-19(13-11-18)29-27(34)35-16-24-22-8-4-2-6-20(22)21-7-3-5-9-23(21)24/h2-13,24H,14-17H2,1H3,(H,29,34)(H,32,33). The second-order valence-corrected chi connectivity index (χ2v) is 9.37. The number of hydrogen-bond donors (Lipinski definition) is 2. The second kappa shape index (κ2) is 8.91. The maximum atomic E-state index is 12.8. The van der Waals surface area contributed by atoms with E-state index in [0.717, 1.165) is 11.1 Å². The number of carbonyl (C=O) groups is 3. The van der Waals surface area contributed by atoms with Crippen molar-refractivity contribution in [3.8, 4) is 11.1 Å². The Morgan fingerprint density at radius 2 is 1.57 bits per heavy atom. The molecule has 1 unspecified atom stereocenters. The highest BCUT2D eigenvalue weighted by Crippen LogP contribution is 2.44. The molecule has 1 saturated heterocycles. The van der Waals surface area contributed by atoms with Gasteiger partial charge in [0, 0.05) is 30.3 Å². The van der Waals surface area contributed by atoms with Gasteiger partial charge in [0.2, 0.25) is 0 Å². The van der Waals surface area contributed by atoms with Crippen molar-refractivity contribution >= 4 is 23.7 Å². The first-order valence-electron chi connectivity index (χ1n) is 11.6. The van der Waals surface area contributed by atoms with Gasteiger partial charge in [-0.3, -0.25) is 14.9 Å². The van der Waals surface area contributed by atoms with Crippen LogP contribution in [0.5, 0.6) is 0 Å². The number of hydrogen-bond acceptors (Lipinski definition) is 4. The number of fused-ring (bicyclic) bond motifs is 3. The molecule has 5 rings (SSSR count). The maximum Gasteiger partial charge on any atom is 0.411 e. The van der Waals surface area contributed by atoms with Crippen LogP contribution < -0.4 is 5.32 Å². The minimum absolute atomic E-state index is 0.0231. The van der Waals surface area contributed by atoms with Gasteiger partial charge < -0.3 is 14.7 Å². The van der Waals surface area contributed by atoms with Crippen molar-refractivity contribution in [2.45, 2.75) is 19.3 Å². The molecule has 7 nitrogen and oxygen atoms in total. The van der Waals surface area contributed by atoms with Gasteiger partial charge in [-0.15, -0.1) is 0 Å². The molecule has 0 saturated carbocycles. The first-order chi connectivity index (χ1) is 16.9. The van der Waals surface area contributed by atoms with Crippen LogP contribution in [-0.2, 0) is 9.53 Å². The number of carbonyl (C=O) groups excluding carboxylic acids is 2. The van der Waals surface area contributed by atoms with Gasteiger partial charge in [0.05, 0.1) is 5.41 Å². The lowest BCUT2D eigenvalue weighted by Gasteiger charge is -2.20. The van der Waals surface area contributed by atoms with Crippen molar-refractivity contribution in [2.75, 3.05) is 25.0 Å². The van der Waals surface area contributed by atoms with Crippen molar-refractivity contribution in [1.29, 1.82) is 0 Å². The van der Waals surface area contributed by atoms with E-state index < -0.39 is 17.5 Å². The number of ether oxygens (including phenoxy) is 1. The van der Waals surface area contributed by atoms with Crippen LogP contribution in [0, 0.1) is 5.41 Å². The zero-order chi connectivity index (χ0) is 24.6. The first-order valence-corrected chi connectivity index (χ1v) is 11.6. The third-order valence-electron chi connectivity index (χ3n) is 7.00. The number of nitrogens with one attached hydrogen (secondary N) is 1. The quantitative estimate of drug-likeness (QED) is 0.548. The predicted octanol–water partition coefficient (Wildman–Crippen LogP) is 4.98. The van der Waals surface area contributed by atoms with E-state index in [-0.39, 0.29) is 25.0 Å². The molecule has 1 fully saturated rings. The van der Waals surface area contributed by atoms with Crippen molar-refractivity contribution in [2.24, 2.45) is 5.41 Å². The SMILES string of the molecule is CC1(C(=O)O)CCN(C(=O)c2ccc(NC(=O)OCC3c4ccccc4-c4ccccc43)cc2)C1. The van der Waals surface area contributed by atoms with Crippen LogP contribution in [0.4, 0.5) is 10.5 Å². The molecule has 1 atom stereocenters. The normalized spacial score (nSPS) is 18.6. The van der Waals surface area contributed by atoms with Crippen molar-refractivity contribution in [3.05, 3.63) is 89.5 Å². The minimum Gasteiger partial charge on any atom is -0.481 e. The highest BCUT2D eigenvalue weighted by atomic mass is 16.5. The van der Waals surface area contributed by atoms with Crippen LogP contribution in [0.25, 0.3) is 11.1 Å². The minimum atomic E-state index is -0.915. The lowest BCUT2D eigenvalue weighted by atomic mass is 9.90. The number of carboxylic acids is 1. The zero-order valence-corrected chi connectivity index (χ0v) is 19.4. The summed E-state index contributed by atoms with van der Waals surface area (Å²) in [5.74, 6) is -1.14. The van der Waals surface area contributed by atoms with Gasteiger partial charge in [0.15, 0.2) is 0 Å². The fourth-order valence-corrected chi connectivity index (χ4v) is 4.94. The molecular formula is C28H26N2O5. The maximum absolute atomic E-state index is 12.8. The lowest BCUT2D eigenvalue weighted by Crippen LogP contribution is -2.34. The van der Waals surface area contributed by atoms with Crippen LogP contribution in [0.2, 0.25) is 0 Å². The Morgan fingerprint density at radius 1 is 0.971 bits per heavy atom. The van der Waals surface area contributed by atoms with Crippen LogP contribution in [-0.4, -0.2) is 47.7 Å². The van der Waals surface area contributed by atoms with E-state index in [9.17, 15) is 19.5 Å². The summed E-state index contributed by atoms with van der Waals surface area (Å²) in [6, 6.07) is 22.8. The van der Waals surface area contributed by atoms with E-state index in [1.54, 1.807) is 36.1 Å². The summed E-state index contributed by atoms with van der Waals surface area (Å²) in [6.45, 7) is 2.46. The van der Waals surface area contributed by atoms with Crippen molar-refractivity contribution in [3.63, 3.8) is 0 Å². The molecule has 0 bridgehead atoms. The molecule has 1 aliphatic carbocycles.